The normalized spacial score (nSPS) is 18.6. The van der Waals surface area contributed by atoms with Crippen LogP contribution in [0.4, 0.5) is 0 Å². The molecule has 1 unspecified atom stereocenters. The molecule has 1 aliphatic rings. The van der Waals surface area contributed by atoms with Crippen molar-refractivity contribution in [3.8, 4) is 5.75 Å². The van der Waals surface area contributed by atoms with E-state index >= 15 is 0 Å². The van der Waals surface area contributed by atoms with Crippen molar-refractivity contribution < 1.29 is 14.3 Å². The van der Waals surface area contributed by atoms with E-state index in [1.807, 2.05) is 31.3 Å². The molecule has 1 fully saturated rings. The van der Waals surface area contributed by atoms with Crippen LogP contribution in [0.25, 0.3) is 0 Å². The molecule has 0 spiro atoms. The SMILES string of the molecule is COc1ccccc1CCN(C)C(=O)C1CNCCO1. The van der Waals surface area contributed by atoms with Crippen molar-refractivity contribution in [2.75, 3.05) is 40.4 Å². The quantitative estimate of drug-likeness (QED) is 0.861. The number of amides is 1. The van der Waals surface area contributed by atoms with Crippen molar-refractivity contribution in [1.29, 1.82) is 0 Å². The molecule has 2 rings (SSSR count). The first-order valence-corrected chi connectivity index (χ1v) is 6.91. The lowest BCUT2D eigenvalue weighted by molar-refractivity contribution is -0.143. The minimum atomic E-state index is -0.355. The molecule has 1 saturated heterocycles. The monoisotopic (exact) mass is 278 g/mol. The van der Waals surface area contributed by atoms with Gasteiger partial charge < -0.3 is 19.7 Å². The second kappa shape index (κ2) is 7.26. The van der Waals surface area contributed by atoms with Gasteiger partial charge in [0.2, 0.25) is 0 Å². The van der Waals surface area contributed by atoms with Gasteiger partial charge in [0.1, 0.15) is 11.9 Å². The number of methoxy groups -OCH3 is 1. The fourth-order valence-electron chi connectivity index (χ4n) is 2.28. The lowest BCUT2D eigenvalue weighted by Gasteiger charge is -2.27. The largest absolute Gasteiger partial charge is 0.496 e. The van der Waals surface area contributed by atoms with Gasteiger partial charge >= 0.3 is 0 Å². The Morgan fingerprint density at radius 1 is 1.50 bits per heavy atom. The van der Waals surface area contributed by atoms with Crippen LogP contribution in [-0.4, -0.2) is 57.3 Å². The molecule has 5 nitrogen and oxygen atoms in total. The van der Waals surface area contributed by atoms with E-state index in [-0.39, 0.29) is 12.0 Å². The topological polar surface area (TPSA) is 50.8 Å². The van der Waals surface area contributed by atoms with Crippen molar-refractivity contribution in [3.63, 3.8) is 0 Å². The number of para-hydroxylation sites is 1. The third-order valence-electron chi connectivity index (χ3n) is 3.49. The molecule has 1 amide bonds. The number of nitrogens with one attached hydrogen (secondary N) is 1. The standard InChI is InChI=1S/C15H22N2O3/c1-17(15(18)14-11-16-8-10-20-14)9-7-12-5-3-4-6-13(12)19-2/h3-6,14,16H,7-11H2,1-2H3. The van der Waals surface area contributed by atoms with Gasteiger partial charge in [-0.1, -0.05) is 18.2 Å². The summed E-state index contributed by atoms with van der Waals surface area (Å²) in [5.41, 5.74) is 1.11. The van der Waals surface area contributed by atoms with Gasteiger partial charge in [-0.05, 0) is 18.1 Å². The molecule has 1 aromatic rings. The highest BCUT2D eigenvalue weighted by molar-refractivity contribution is 5.81. The number of hydrogen-bond donors (Lipinski definition) is 1. The minimum Gasteiger partial charge on any atom is -0.496 e. The molecule has 1 atom stereocenters. The summed E-state index contributed by atoms with van der Waals surface area (Å²) in [7, 11) is 3.48. The van der Waals surface area contributed by atoms with Crippen molar-refractivity contribution in [2.24, 2.45) is 0 Å². The molecule has 0 radical (unpaired) electrons. The van der Waals surface area contributed by atoms with Gasteiger partial charge in [0.25, 0.3) is 5.91 Å². The van der Waals surface area contributed by atoms with E-state index in [0.29, 0.717) is 19.7 Å². The fourth-order valence-corrected chi connectivity index (χ4v) is 2.28. The maximum atomic E-state index is 12.2. The van der Waals surface area contributed by atoms with Gasteiger partial charge in [-0.2, -0.15) is 0 Å². The van der Waals surface area contributed by atoms with Crippen LogP contribution in [0, 0.1) is 0 Å². The highest BCUT2D eigenvalue weighted by atomic mass is 16.5. The predicted octanol–water partition coefficient (Wildman–Crippen LogP) is 0.684. The zero-order valence-electron chi connectivity index (χ0n) is 12.1. The zero-order chi connectivity index (χ0) is 14.4. The van der Waals surface area contributed by atoms with Gasteiger partial charge in [0, 0.05) is 26.7 Å². The summed E-state index contributed by atoms with van der Waals surface area (Å²) in [5.74, 6) is 0.899. The van der Waals surface area contributed by atoms with Gasteiger partial charge in [-0.3, -0.25) is 4.79 Å². The minimum absolute atomic E-state index is 0.0343. The number of carbonyl (C=O) groups excluding carboxylic acids is 1. The first kappa shape index (κ1) is 14.8. The van der Waals surface area contributed by atoms with Crippen molar-refractivity contribution in [3.05, 3.63) is 29.8 Å². The number of ether oxygens (including phenoxy) is 2. The molecular formula is C15H22N2O3. The van der Waals surface area contributed by atoms with Crippen molar-refractivity contribution >= 4 is 5.91 Å². The number of likely N-dealkylation sites (N-methyl/N-ethyl adjacent to an activating group) is 1. The van der Waals surface area contributed by atoms with Crippen LogP contribution < -0.4 is 10.1 Å². The number of nitrogens with zero attached hydrogens (tertiary/aromatic N) is 1. The molecule has 0 saturated carbocycles. The summed E-state index contributed by atoms with van der Waals surface area (Å²) in [5, 5.41) is 3.17. The Morgan fingerprint density at radius 2 is 2.30 bits per heavy atom. The van der Waals surface area contributed by atoms with E-state index in [2.05, 4.69) is 5.32 Å². The second-order valence-electron chi connectivity index (χ2n) is 4.89. The number of benzene rings is 1. The average molecular weight is 278 g/mol. The van der Waals surface area contributed by atoms with Crippen LogP contribution in [0.3, 0.4) is 0 Å². The Balaban J connectivity index is 1.87. The summed E-state index contributed by atoms with van der Waals surface area (Å²) >= 11 is 0. The van der Waals surface area contributed by atoms with Gasteiger partial charge in [-0.25, -0.2) is 0 Å². The molecular weight excluding hydrogens is 256 g/mol. The summed E-state index contributed by atoms with van der Waals surface area (Å²) in [6.45, 7) is 2.66. The summed E-state index contributed by atoms with van der Waals surface area (Å²) in [4.78, 5) is 13.9. The molecule has 1 N–H and O–H groups in total. The molecule has 20 heavy (non-hydrogen) atoms. The molecule has 0 bridgehead atoms. The number of morpholine rings is 1. The van der Waals surface area contributed by atoms with E-state index in [0.717, 1.165) is 24.3 Å². The van der Waals surface area contributed by atoms with E-state index in [9.17, 15) is 4.79 Å². The second-order valence-corrected chi connectivity index (χ2v) is 4.89. The van der Waals surface area contributed by atoms with Crippen molar-refractivity contribution in [1.82, 2.24) is 10.2 Å². The highest BCUT2D eigenvalue weighted by Crippen LogP contribution is 2.18. The Bertz CT molecular complexity index is 444. The Labute approximate surface area is 119 Å². The lowest BCUT2D eigenvalue weighted by atomic mass is 10.1. The highest BCUT2D eigenvalue weighted by Gasteiger charge is 2.24. The average Bonchev–Trinajstić information content (AvgIpc) is 2.53. The maximum Gasteiger partial charge on any atom is 0.252 e. The Kier molecular flexibility index (Phi) is 5.38. The smallest absolute Gasteiger partial charge is 0.252 e. The molecule has 1 aromatic carbocycles. The number of carbonyl (C=O) groups is 1. The third kappa shape index (κ3) is 3.71. The first-order chi connectivity index (χ1) is 9.72. The number of hydrogen-bond acceptors (Lipinski definition) is 4. The van der Waals surface area contributed by atoms with Crippen LogP contribution in [0.1, 0.15) is 5.56 Å². The molecule has 1 heterocycles. The summed E-state index contributed by atoms with van der Waals surface area (Å²) < 4.78 is 10.8. The van der Waals surface area contributed by atoms with E-state index in [1.165, 1.54) is 0 Å². The van der Waals surface area contributed by atoms with E-state index in [4.69, 9.17) is 9.47 Å². The van der Waals surface area contributed by atoms with Crippen LogP contribution in [0.15, 0.2) is 24.3 Å². The predicted molar refractivity (Wildman–Crippen MR) is 76.9 cm³/mol. The van der Waals surface area contributed by atoms with E-state index < -0.39 is 0 Å². The molecule has 1 aliphatic heterocycles. The van der Waals surface area contributed by atoms with Gasteiger partial charge in [-0.15, -0.1) is 0 Å². The van der Waals surface area contributed by atoms with Crippen molar-refractivity contribution in [2.45, 2.75) is 12.5 Å². The summed E-state index contributed by atoms with van der Waals surface area (Å²) in [6, 6.07) is 7.88. The maximum absolute atomic E-state index is 12.2. The third-order valence-corrected chi connectivity index (χ3v) is 3.49. The Morgan fingerprint density at radius 3 is 3.00 bits per heavy atom. The number of rotatable bonds is 5. The lowest BCUT2D eigenvalue weighted by Crippen LogP contribution is -2.48. The van der Waals surface area contributed by atoms with Crippen LogP contribution in [0.5, 0.6) is 5.75 Å². The van der Waals surface area contributed by atoms with Crippen LogP contribution in [0.2, 0.25) is 0 Å². The van der Waals surface area contributed by atoms with Crippen LogP contribution in [-0.2, 0) is 16.0 Å². The van der Waals surface area contributed by atoms with E-state index in [1.54, 1.807) is 12.0 Å². The van der Waals surface area contributed by atoms with Gasteiger partial charge in [0.05, 0.1) is 13.7 Å². The Hall–Kier alpha value is -1.59. The molecule has 5 heteroatoms. The van der Waals surface area contributed by atoms with Gasteiger partial charge in [0.15, 0.2) is 0 Å². The molecule has 110 valence electrons. The summed E-state index contributed by atoms with van der Waals surface area (Å²) in [6.07, 6.45) is 0.415. The van der Waals surface area contributed by atoms with Crippen LogP contribution >= 0.6 is 0 Å². The fraction of sp³-hybridized carbons (Fsp3) is 0.533. The molecule has 0 aromatic heterocycles. The molecule has 0 aliphatic carbocycles. The zero-order valence-corrected chi connectivity index (χ0v) is 12.1. The first-order valence-electron chi connectivity index (χ1n) is 6.91.